The monoisotopic (exact) mass is 422 g/mol. The Labute approximate surface area is 170 Å². The number of pyridine rings is 1. The van der Waals surface area contributed by atoms with Gasteiger partial charge in [-0.15, -0.1) is 0 Å². The fraction of sp³-hybridized carbons (Fsp3) is 0.400. The predicted molar refractivity (Wildman–Crippen MR) is 108 cm³/mol. The van der Waals surface area contributed by atoms with Gasteiger partial charge in [0.05, 0.1) is 10.2 Å². The van der Waals surface area contributed by atoms with Crippen LogP contribution < -0.4 is 15.8 Å². The number of alkyl halides is 3. The van der Waals surface area contributed by atoms with E-state index in [0.29, 0.717) is 11.8 Å². The second-order valence-corrected chi connectivity index (χ2v) is 8.18. The topological polar surface area (TPSA) is 73.1 Å². The van der Waals surface area contributed by atoms with E-state index in [1.165, 1.54) is 42.9 Å². The first-order valence-corrected chi connectivity index (χ1v) is 10.3. The normalized spacial score (nSPS) is 15.6. The van der Waals surface area contributed by atoms with Crippen LogP contribution in [0.1, 0.15) is 43.2 Å². The summed E-state index contributed by atoms with van der Waals surface area (Å²) in [7, 11) is 0. The molecule has 5 nitrogen and oxygen atoms in total. The molecule has 0 atom stereocenters. The molecule has 1 saturated carbocycles. The smallest absolute Gasteiger partial charge is 0.420 e. The molecule has 1 aromatic carbocycles. The van der Waals surface area contributed by atoms with Crippen molar-refractivity contribution in [3.63, 3.8) is 0 Å². The zero-order valence-electron chi connectivity index (χ0n) is 15.6. The molecule has 0 bridgehead atoms. The van der Waals surface area contributed by atoms with Crippen molar-refractivity contribution in [3.8, 4) is 5.75 Å². The van der Waals surface area contributed by atoms with Crippen LogP contribution in [0.4, 0.5) is 24.1 Å². The largest absolute Gasteiger partial charge is 0.489 e. The first-order valence-electron chi connectivity index (χ1n) is 9.50. The van der Waals surface area contributed by atoms with E-state index in [1.54, 1.807) is 12.1 Å². The highest BCUT2D eigenvalue weighted by atomic mass is 32.1. The maximum atomic E-state index is 13.2. The highest BCUT2D eigenvalue weighted by molar-refractivity contribution is 7.22. The number of benzene rings is 1. The van der Waals surface area contributed by atoms with Gasteiger partial charge in [0.1, 0.15) is 23.7 Å². The highest BCUT2D eigenvalue weighted by Crippen LogP contribution is 2.36. The minimum absolute atomic E-state index is 0.0472. The fourth-order valence-corrected chi connectivity index (χ4v) is 4.58. The van der Waals surface area contributed by atoms with E-state index < -0.39 is 17.6 Å². The molecular weight excluding hydrogens is 401 g/mol. The van der Waals surface area contributed by atoms with Crippen LogP contribution in [0.3, 0.4) is 0 Å². The van der Waals surface area contributed by atoms with E-state index >= 15 is 0 Å². The third kappa shape index (κ3) is 4.55. The lowest BCUT2D eigenvalue weighted by molar-refractivity contribution is -0.138. The molecule has 0 radical (unpaired) electrons. The van der Waals surface area contributed by atoms with Crippen molar-refractivity contribution in [2.75, 3.05) is 11.1 Å². The summed E-state index contributed by atoms with van der Waals surface area (Å²) < 4.78 is 46.3. The van der Waals surface area contributed by atoms with Gasteiger partial charge in [-0.05, 0) is 37.1 Å². The van der Waals surface area contributed by atoms with Gasteiger partial charge in [0.15, 0.2) is 5.13 Å². The summed E-state index contributed by atoms with van der Waals surface area (Å²) in [5, 5.41) is 4.36. The molecule has 1 fully saturated rings. The van der Waals surface area contributed by atoms with Gasteiger partial charge in [0.2, 0.25) is 0 Å². The van der Waals surface area contributed by atoms with Crippen molar-refractivity contribution in [3.05, 3.63) is 41.6 Å². The molecule has 2 aromatic heterocycles. The Hall–Kier alpha value is -2.55. The summed E-state index contributed by atoms with van der Waals surface area (Å²) in [6, 6.07) is 7.06. The van der Waals surface area contributed by atoms with E-state index in [-0.39, 0.29) is 12.2 Å². The summed E-state index contributed by atoms with van der Waals surface area (Å²) in [5.74, 6) is -0.0659. The highest BCUT2D eigenvalue weighted by Gasteiger charge is 2.36. The number of hydrogen-bond acceptors (Lipinski definition) is 6. The van der Waals surface area contributed by atoms with Gasteiger partial charge in [-0.25, -0.2) is 9.97 Å². The Bertz CT molecular complexity index is 999. The fourth-order valence-electron chi connectivity index (χ4n) is 3.61. The third-order valence-corrected chi connectivity index (χ3v) is 5.99. The molecule has 154 valence electrons. The Balaban J connectivity index is 1.49. The number of nitrogens with zero attached hydrogens (tertiary/aromatic N) is 2. The maximum absolute atomic E-state index is 13.2. The molecule has 0 saturated heterocycles. The second kappa shape index (κ2) is 8.06. The number of halogens is 3. The SMILES string of the molecule is Nc1nccc(COc2ccc3nc(NC4CCCCC4)sc3c2)c1C(F)(F)F. The summed E-state index contributed by atoms with van der Waals surface area (Å²) in [6.45, 7) is -0.251. The zero-order valence-corrected chi connectivity index (χ0v) is 16.4. The van der Waals surface area contributed by atoms with E-state index in [1.807, 2.05) is 6.07 Å². The number of ether oxygens (including phenoxy) is 1. The van der Waals surface area contributed by atoms with Crippen molar-refractivity contribution in [1.29, 1.82) is 0 Å². The van der Waals surface area contributed by atoms with Crippen molar-refractivity contribution >= 4 is 32.5 Å². The molecule has 2 heterocycles. The minimum Gasteiger partial charge on any atom is -0.489 e. The Kier molecular flexibility index (Phi) is 5.49. The number of nitrogens with two attached hydrogens (primary N) is 1. The lowest BCUT2D eigenvalue weighted by Gasteiger charge is -2.22. The molecule has 1 aliphatic rings. The van der Waals surface area contributed by atoms with Crippen LogP contribution in [0.15, 0.2) is 30.5 Å². The number of thiazole rings is 1. The van der Waals surface area contributed by atoms with Crippen molar-refractivity contribution < 1.29 is 17.9 Å². The number of anilines is 2. The van der Waals surface area contributed by atoms with Crippen LogP contribution in [-0.2, 0) is 12.8 Å². The summed E-state index contributed by atoms with van der Waals surface area (Å²) in [5.41, 5.74) is 5.27. The lowest BCUT2D eigenvalue weighted by Crippen LogP contribution is -2.21. The van der Waals surface area contributed by atoms with Crippen molar-refractivity contribution in [2.45, 2.75) is 50.9 Å². The van der Waals surface area contributed by atoms with Crippen LogP contribution in [-0.4, -0.2) is 16.0 Å². The van der Waals surface area contributed by atoms with E-state index in [4.69, 9.17) is 10.5 Å². The third-order valence-electron chi connectivity index (χ3n) is 5.04. The van der Waals surface area contributed by atoms with Crippen LogP contribution in [0.25, 0.3) is 10.2 Å². The van der Waals surface area contributed by atoms with Crippen molar-refractivity contribution in [2.24, 2.45) is 0 Å². The second-order valence-electron chi connectivity index (χ2n) is 7.14. The maximum Gasteiger partial charge on any atom is 0.420 e. The van der Waals surface area contributed by atoms with Gasteiger partial charge in [-0.3, -0.25) is 0 Å². The quantitative estimate of drug-likeness (QED) is 0.559. The van der Waals surface area contributed by atoms with Gasteiger partial charge in [-0.1, -0.05) is 30.6 Å². The molecule has 29 heavy (non-hydrogen) atoms. The average molecular weight is 422 g/mol. The average Bonchev–Trinajstić information content (AvgIpc) is 3.07. The van der Waals surface area contributed by atoms with E-state index in [0.717, 1.165) is 28.2 Å². The molecule has 0 unspecified atom stereocenters. The molecule has 0 aliphatic heterocycles. The summed E-state index contributed by atoms with van der Waals surface area (Å²) in [6.07, 6.45) is 2.73. The molecular formula is C20H21F3N4OS. The minimum atomic E-state index is -4.58. The van der Waals surface area contributed by atoms with Crippen LogP contribution >= 0.6 is 11.3 Å². The van der Waals surface area contributed by atoms with E-state index in [9.17, 15) is 13.2 Å². The standard InChI is InChI=1S/C20H21F3N4OS/c21-20(22,23)17-12(8-9-25-18(17)24)11-28-14-6-7-15-16(10-14)29-19(27-15)26-13-4-2-1-3-5-13/h6-10,13H,1-5,11H2,(H2,24,25)(H,26,27). The van der Waals surface area contributed by atoms with Crippen LogP contribution in [0.5, 0.6) is 5.75 Å². The Morgan fingerprint density at radius 2 is 1.97 bits per heavy atom. The molecule has 3 aromatic rings. The van der Waals surface area contributed by atoms with E-state index in [2.05, 4.69) is 15.3 Å². The number of rotatable bonds is 5. The molecule has 0 spiro atoms. The summed E-state index contributed by atoms with van der Waals surface area (Å²) >= 11 is 1.52. The summed E-state index contributed by atoms with van der Waals surface area (Å²) in [4.78, 5) is 8.14. The lowest BCUT2D eigenvalue weighted by atomic mass is 9.96. The number of fused-ring (bicyclic) bond motifs is 1. The predicted octanol–water partition coefficient (Wildman–Crippen LogP) is 5.62. The number of nitrogen functional groups attached to an aromatic ring is 1. The Morgan fingerprint density at radius 1 is 1.17 bits per heavy atom. The first kappa shape index (κ1) is 19.8. The first-order chi connectivity index (χ1) is 13.9. The zero-order chi connectivity index (χ0) is 20.4. The number of nitrogens with one attached hydrogen (secondary N) is 1. The molecule has 1 aliphatic carbocycles. The van der Waals surface area contributed by atoms with Crippen molar-refractivity contribution in [1.82, 2.24) is 9.97 Å². The van der Waals surface area contributed by atoms with Gasteiger partial charge >= 0.3 is 6.18 Å². The van der Waals surface area contributed by atoms with Crippen LogP contribution in [0, 0.1) is 0 Å². The van der Waals surface area contributed by atoms with Gasteiger partial charge in [-0.2, -0.15) is 13.2 Å². The molecule has 4 rings (SSSR count). The number of hydrogen-bond donors (Lipinski definition) is 2. The Morgan fingerprint density at radius 3 is 2.72 bits per heavy atom. The molecule has 3 N–H and O–H groups in total. The number of aromatic nitrogens is 2. The molecule has 0 amide bonds. The van der Waals surface area contributed by atoms with Gasteiger partial charge in [0, 0.05) is 17.8 Å². The molecule has 9 heteroatoms. The van der Waals surface area contributed by atoms with Gasteiger partial charge in [0.25, 0.3) is 0 Å². The van der Waals surface area contributed by atoms with Gasteiger partial charge < -0.3 is 15.8 Å². The van der Waals surface area contributed by atoms with Crippen LogP contribution in [0.2, 0.25) is 0 Å².